The summed E-state index contributed by atoms with van der Waals surface area (Å²) in [5.41, 5.74) is 10.4. The predicted molar refractivity (Wildman–Crippen MR) is 220 cm³/mol. The Bertz CT molecular complexity index is 2250. The van der Waals surface area contributed by atoms with Crippen LogP contribution in [0.2, 0.25) is 0 Å². The molecule has 0 saturated carbocycles. The van der Waals surface area contributed by atoms with Gasteiger partial charge in [0.25, 0.3) is 17.7 Å². The largest absolute Gasteiger partial charge is 0.364 e. The molecule has 2 atom stereocenters. The molecule has 314 valence electrons. The van der Waals surface area contributed by atoms with Crippen molar-refractivity contribution in [1.82, 2.24) is 39.8 Å². The highest BCUT2D eigenvalue weighted by atomic mass is 16.2. The molecule has 5 saturated heterocycles. The van der Waals surface area contributed by atoms with Gasteiger partial charge in [-0.1, -0.05) is 37.3 Å². The number of imide groups is 2. The molecule has 0 spiro atoms. The average Bonchev–Trinajstić information content (AvgIpc) is 3.69. The predicted octanol–water partition coefficient (Wildman–Crippen LogP) is 2.14. The molecule has 0 bridgehead atoms. The minimum absolute atomic E-state index is 0.0308. The number of anilines is 1. The van der Waals surface area contributed by atoms with E-state index in [2.05, 4.69) is 56.2 Å². The zero-order valence-corrected chi connectivity index (χ0v) is 34.3. The Morgan fingerprint density at radius 1 is 0.867 bits per heavy atom. The van der Waals surface area contributed by atoms with Crippen molar-refractivity contribution in [2.24, 2.45) is 5.73 Å². The van der Waals surface area contributed by atoms with Crippen LogP contribution in [0.5, 0.6) is 0 Å². The second-order valence-corrected chi connectivity index (χ2v) is 17.7. The number of carbonyl (C=O) groups excluding carboxylic acids is 6. The first-order chi connectivity index (χ1) is 28.8. The second kappa shape index (κ2) is 15.7. The smallest absolute Gasteiger partial charge is 0.320 e. The summed E-state index contributed by atoms with van der Waals surface area (Å²) in [4.78, 5) is 96.8. The summed E-state index contributed by atoms with van der Waals surface area (Å²) in [5, 5.41) is 2.24. The highest BCUT2D eigenvalue weighted by Crippen LogP contribution is 2.37. The van der Waals surface area contributed by atoms with Crippen molar-refractivity contribution in [3.8, 4) is 0 Å². The number of likely N-dealkylation sites (N-methyl/N-ethyl adjacent to an activating group) is 1. The standard InChI is InChI=1S/C44H52N10O6/c1-44(29-8-5-27(6-9-29)21-34-38(39(45)56)46-22-36(47-34)52-15-3-4-30(26-52)53-19-18-49(2)43(53)60)13-16-51(17-14-44)31-24-50(25-31)23-28-7-10-32-33(20-28)42(59)54(41(32)58)35-11-12-37(55)48-40(35)57/h5-10,20,22,30-31,35H,3-4,11-19,21,23-26H2,1-2H3,(H2,45,56)(H,48,55,57)/t30-,35?/m1/s1. The third-order valence-corrected chi connectivity index (χ3v) is 13.8. The van der Waals surface area contributed by atoms with E-state index >= 15 is 0 Å². The quantitative estimate of drug-likeness (QED) is 0.286. The number of hydrogen-bond donors (Lipinski definition) is 2. The minimum Gasteiger partial charge on any atom is -0.364 e. The fourth-order valence-corrected chi connectivity index (χ4v) is 9.99. The van der Waals surface area contributed by atoms with Gasteiger partial charge in [0.05, 0.1) is 29.1 Å². The molecule has 1 aromatic heterocycles. The number of amides is 7. The van der Waals surface area contributed by atoms with Crippen LogP contribution in [0.25, 0.3) is 0 Å². The number of primary amides is 1. The first-order valence-corrected chi connectivity index (χ1v) is 21.2. The van der Waals surface area contributed by atoms with Gasteiger partial charge in [-0.05, 0) is 79.4 Å². The van der Waals surface area contributed by atoms with E-state index in [-0.39, 0.29) is 36.0 Å². The number of likely N-dealkylation sites (tertiary alicyclic amines) is 2. The van der Waals surface area contributed by atoms with Crippen molar-refractivity contribution in [2.75, 3.05) is 64.3 Å². The van der Waals surface area contributed by atoms with Gasteiger partial charge in [-0.2, -0.15) is 0 Å². The zero-order valence-electron chi connectivity index (χ0n) is 34.3. The van der Waals surface area contributed by atoms with E-state index in [1.165, 1.54) is 5.56 Å². The van der Waals surface area contributed by atoms with Gasteiger partial charge >= 0.3 is 6.03 Å². The maximum absolute atomic E-state index is 13.3. The Morgan fingerprint density at radius 2 is 1.60 bits per heavy atom. The Kier molecular flexibility index (Phi) is 10.4. The van der Waals surface area contributed by atoms with Crippen LogP contribution in [0.4, 0.5) is 10.6 Å². The molecular formula is C44H52N10O6. The fraction of sp³-hybridized carbons (Fsp3) is 0.500. The Balaban J connectivity index is 0.777. The van der Waals surface area contributed by atoms with Crippen LogP contribution in [0, 0.1) is 0 Å². The third-order valence-electron chi connectivity index (χ3n) is 13.8. The summed E-state index contributed by atoms with van der Waals surface area (Å²) in [5.74, 6) is -1.88. The van der Waals surface area contributed by atoms with Gasteiger partial charge in [-0.25, -0.2) is 14.8 Å². The zero-order chi connectivity index (χ0) is 41.9. The highest BCUT2D eigenvalue weighted by Gasteiger charge is 2.45. The van der Waals surface area contributed by atoms with E-state index in [9.17, 15) is 28.8 Å². The van der Waals surface area contributed by atoms with Gasteiger partial charge in [0, 0.05) is 71.7 Å². The van der Waals surface area contributed by atoms with E-state index in [0.29, 0.717) is 48.2 Å². The number of nitrogens with one attached hydrogen (secondary N) is 1. The number of urea groups is 1. The van der Waals surface area contributed by atoms with Crippen LogP contribution in [0.1, 0.15) is 99.0 Å². The van der Waals surface area contributed by atoms with Gasteiger partial charge in [0.2, 0.25) is 11.8 Å². The van der Waals surface area contributed by atoms with Gasteiger partial charge in [0.1, 0.15) is 17.6 Å². The van der Waals surface area contributed by atoms with Crippen molar-refractivity contribution in [3.63, 3.8) is 0 Å². The van der Waals surface area contributed by atoms with Gasteiger partial charge in [-0.3, -0.25) is 44.0 Å². The molecule has 7 heterocycles. The van der Waals surface area contributed by atoms with Crippen molar-refractivity contribution in [3.05, 3.63) is 87.9 Å². The lowest BCUT2D eigenvalue weighted by molar-refractivity contribution is -0.136. The number of nitrogens with zero attached hydrogens (tertiary/aromatic N) is 8. The summed E-state index contributed by atoms with van der Waals surface area (Å²) in [6.45, 7) is 9.77. The van der Waals surface area contributed by atoms with E-state index in [0.717, 1.165) is 87.5 Å². The summed E-state index contributed by atoms with van der Waals surface area (Å²) in [7, 11) is 1.84. The molecule has 5 fully saturated rings. The maximum atomic E-state index is 13.3. The number of piperidine rings is 3. The molecule has 0 aliphatic carbocycles. The molecule has 6 aliphatic rings. The van der Waals surface area contributed by atoms with E-state index < -0.39 is 35.6 Å². The Labute approximate surface area is 349 Å². The lowest BCUT2D eigenvalue weighted by atomic mass is 9.74. The number of nitrogens with two attached hydrogens (primary N) is 1. The van der Waals surface area contributed by atoms with E-state index in [4.69, 9.17) is 10.7 Å². The molecule has 3 N–H and O–H groups in total. The average molecular weight is 817 g/mol. The summed E-state index contributed by atoms with van der Waals surface area (Å²) < 4.78 is 0. The monoisotopic (exact) mass is 816 g/mol. The first kappa shape index (κ1) is 39.7. The summed E-state index contributed by atoms with van der Waals surface area (Å²) >= 11 is 0. The molecule has 6 aliphatic heterocycles. The number of fused-ring (bicyclic) bond motifs is 1. The molecule has 2 aromatic carbocycles. The van der Waals surface area contributed by atoms with Crippen molar-refractivity contribution >= 4 is 41.4 Å². The molecule has 7 amide bonds. The Morgan fingerprint density at radius 3 is 2.30 bits per heavy atom. The number of hydrogen-bond acceptors (Lipinski definition) is 11. The SMILES string of the molecule is CN1CCN([C@@H]2CCCN(c3cnc(C(N)=O)c(Cc4ccc(C5(C)CCN(C6CN(Cc7ccc8c(c7)C(=O)N(C7CCC(=O)NC7=O)C8=O)C6)CC5)cc4)n3)C2)C1=O. The minimum atomic E-state index is -0.972. The summed E-state index contributed by atoms with van der Waals surface area (Å²) in [6.07, 6.45) is 6.23. The summed E-state index contributed by atoms with van der Waals surface area (Å²) in [6, 6.07) is 13.6. The second-order valence-electron chi connectivity index (χ2n) is 17.7. The van der Waals surface area contributed by atoms with Crippen LogP contribution in [-0.4, -0.2) is 148 Å². The third kappa shape index (κ3) is 7.40. The number of carbonyl (C=O) groups is 6. The number of aromatic nitrogens is 2. The molecule has 1 unspecified atom stereocenters. The lowest BCUT2D eigenvalue weighted by Crippen LogP contribution is -2.61. The van der Waals surface area contributed by atoms with Crippen LogP contribution in [0.15, 0.2) is 48.7 Å². The normalized spacial score (nSPS) is 23.9. The van der Waals surface area contributed by atoms with Crippen molar-refractivity contribution < 1.29 is 28.8 Å². The van der Waals surface area contributed by atoms with Crippen LogP contribution in [0.3, 0.4) is 0 Å². The molecular weight excluding hydrogens is 765 g/mol. The highest BCUT2D eigenvalue weighted by molar-refractivity contribution is 6.23. The molecule has 16 heteroatoms. The molecule has 3 aromatic rings. The number of benzene rings is 2. The lowest BCUT2D eigenvalue weighted by Gasteiger charge is -2.49. The van der Waals surface area contributed by atoms with E-state index in [1.807, 2.05) is 18.0 Å². The van der Waals surface area contributed by atoms with Gasteiger partial charge < -0.3 is 20.4 Å². The van der Waals surface area contributed by atoms with Crippen LogP contribution < -0.4 is 16.0 Å². The topological polar surface area (TPSA) is 186 Å². The maximum Gasteiger partial charge on any atom is 0.320 e. The number of rotatable bonds is 10. The first-order valence-electron chi connectivity index (χ1n) is 21.2. The Hall–Kier alpha value is -5.74. The molecule has 0 radical (unpaired) electrons. The van der Waals surface area contributed by atoms with Gasteiger partial charge in [-0.15, -0.1) is 0 Å². The van der Waals surface area contributed by atoms with Crippen LogP contribution >= 0.6 is 0 Å². The van der Waals surface area contributed by atoms with Crippen molar-refractivity contribution in [1.29, 1.82) is 0 Å². The van der Waals surface area contributed by atoms with Crippen LogP contribution in [-0.2, 0) is 28.0 Å². The van der Waals surface area contributed by atoms with Gasteiger partial charge in [0.15, 0.2) is 0 Å². The fourth-order valence-electron chi connectivity index (χ4n) is 9.99. The molecule has 9 rings (SSSR count). The molecule has 60 heavy (non-hydrogen) atoms. The molecule has 16 nitrogen and oxygen atoms in total. The van der Waals surface area contributed by atoms with Crippen molar-refractivity contribution in [2.45, 2.75) is 82.0 Å². The van der Waals surface area contributed by atoms with E-state index in [1.54, 1.807) is 23.2 Å².